The van der Waals surface area contributed by atoms with Gasteiger partial charge in [0.25, 0.3) is 5.91 Å². The molecule has 0 saturated carbocycles. The number of carbonyl (C=O) groups is 1. The van der Waals surface area contributed by atoms with E-state index in [1.54, 1.807) is 6.07 Å². The molecule has 3 rings (SSSR count). The summed E-state index contributed by atoms with van der Waals surface area (Å²) in [6.07, 6.45) is 10.0. The summed E-state index contributed by atoms with van der Waals surface area (Å²) in [5.74, 6) is 3.75. The Hall–Kier alpha value is -2.70. The molecule has 148 valence electrons. The van der Waals surface area contributed by atoms with Gasteiger partial charge in [0.15, 0.2) is 0 Å². The first-order valence-electron chi connectivity index (χ1n) is 9.23. The number of amides is 1. The molecule has 8 nitrogen and oxygen atoms in total. The lowest BCUT2D eigenvalue weighted by Crippen LogP contribution is -2.27. The SMILES string of the molecule is C#CCNS(=O)(=O)c1cccc(C(=O)NCCc2nnc3n2CCCCC3)c1. The first-order chi connectivity index (χ1) is 13.5. The summed E-state index contributed by atoms with van der Waals surface area (Å²) in [4.78, 5) is 12.4. The third-order valence-electron chi connectivity index (χ3n) is 4.59. The number of sulfonamides is 1. The summed E-state index contributed by atoms with van der Waals surface area (Å²) in [5.41, 5.74) is 0.267. The summed E-state index contributed by atoms with van der Waals surface area (Å²) in [6, 6.07) is 5.84. The molecule has 0 radical (unpaired) electrons. The van der Waals surface area contributed by atoms with Crippen molar-refractivity contribution in [3.05, 3.63) is 41.5 Å². The van der Waals surface area contributed by atoms with Gasteiger partial charge in [0.2, 0.25) is 10.0 Å². The molecule has 9 heteroatoms. The van der Waals surface area contributed by atoms with Gasteiger partial charge in [-0.05, 0) is 31.0 Å². The maximum absolute atomic E-state index is 12.4. The smallest absolute Gasteiger partial charge is 0.251 e. The summed E-state index contributed by atoms with van der Waals surface area (Å²) in [6.45, 7) is 1.20. The lowest BCUT2D eigenvalue weighted by Gasteiger charge is -2.09. The molecule has 0 spiro atoms. The molecule has 2 heterocycles. The highest BCUT2D eigenvalue weighted by atomic mass is 32.2. The predicted octanol–water partition coefficient (Wildman–Crippen LogP) is 0.888. The summed E-state index contributed by atoms with van der Waals surface area (Å²) < 4.78 is 28.7. The van der Waals surface area contributed by atoms with Gasteiger partial charge in [-0.15, -0.1) is 16.6 Å². The highest BCUT2D eigenvalue weighted by molar-refractivity contribution is 7.89. The standard InChI is InChI=1S/C19H23N5O3S/c1-2-11-21-28(26,27)16-8-6-7-15(14-16)19(25)20-12-10-18-23-22-17-9-4-3-5-13-24(17)18/h1,6-8,14,21H,3-5,9-13H2,(H,20,25). The van der Waals surface area contributed by atoms with E-state index in [-0.39, 0.29) is 22.9 Å². The number of benzene rings is 1. The Bertz CT molecular complexity index is 991. The van der Waals surface area contributed by atoms with E-state index < -0.39 is 10.0 Å². The molecule has 1 aliphatic heterocycles. The number of aromatic nitrogens is 3. The third-order valence-corrected chi connectivity index (χ3v) is 5.99. The third kappa shape index (κ3) is 4.77. The fraction of sp³-hybridized carbons (Fsp3) is 0.421. The number of aryl methyl sites for hydroxylation is 1. The molecule has 1 amide bonds. The molecule has 1 aliphatic rings. The van der Waals surface area contributed by atoms with Crippen LogP contribution in [-0.4, -0.2) is 42.2 Å². The minimum Gasteiger partial charge on any atom is -0.352 e. The van der Waals surface area contributed by atoms with Gasteiger partial charge in [0.05, 0.1) is 11.4 Å². The average molecular weight is 401 g/mol. The number of carbonyl (C=O) groups excluding carboxylic acids is 1. The van der Waals surface area contributed by atoms with E-state index in [2.05, 4.69) is 30.7 Å². The zero-order valence-corrected chi connectivity index (χ0v) is 16.3. The molecule has 0 atom stereocenters. The molecule has 0 saturated heterocycles. The number of hydrogen-bond donors (Lipinski definition) is 2. The van der Waals surface area contributed by atoms with E-state index in [9.17, 15) is 13.2 Å². The largest absolute Gasteiger partial charge is 0.352 e. The van der Waals surface area contributed by atoms with Crippen molar-refractivity contribution in [2.75, 3.05) is 13.1 Å². The van der Waals surface area contributed by atoms with Crippen LogP contribution in [0.2, 0.25) is 0 Å². The van der Waals surface area contributed by atoms with Crippen LogP contribution in [0.15, 0.2) is 29.2 Å². The Balaban J connectivity index is 1.61. The highest BCUT2D eigenvalue weighted by Crippen LogP contribution is 2.15. The molecule has 0 aliphatic carbocycles. The summed E-state index contributed by atoms with van der Waals surface area (Å²) >= 11 is 0. The highest BCUT2D eigenvalue weighted by Gasteiger charge is 2.17. The van der Waals surface area contributed by atoms with Gasteiger partial charge in [-0.25, -0.2) is 8.42 Å². The maximum atomic E-state index is 12.4. The molecular weight excluding hydrogens is 378 g/mol. The van der Waals surface area contributed by atoms with Crippen molar-refractivity contribution >= 4 is 15.9 Å². The van der Waals surface area contributed by atoms with Crippen molar-refractivity contribution in [1.29, 1.82) is 0 Å². The van der Waals surface area contributed by atoms with Crippen molar-refractivity contribution in [3.63, 3.8) is 0 Å². The van der Waals surface area contributed by atoms with E-state index >= 15 is 0 Å². The van der Waals surface area contributed by atoms with Gasteiger partial charge >= 0.3 is 0 Å². The number of nitrogens with one attached hydrogen (secondary N) is 2. The first kappa shape index (κ1) is 20.0. The Morgan fingerprint density at radius 2 is 2.11 bits per heavy atom. The Morgan fingerprint density at radius 1 is 1.25 bits per heavy atom. The molecule has 2 aromatic rings. The quantitative estimate of drug-likeness (QED) is 0.670. The number of hydrogen-bond acceptors (Lipinski definition) is 5. The fourth-order valence-corrected chi connectivity index (χ4v) is 4.12. The molecule has 0 fully saturated rings. The second-order valence-corrected chi connectivity index (χ2v) is 8.32. The Morgan fingerprint density at radius 3 is 2.93 bits per heavy atom. The number of nitrogens with zero attached hydrogens (tertiary/aromatic N) is 3. The van der Waals surface area contributed by atoms with E-state index in [1.165, 1.54) is 24.6 Å². The lowest BCUT2D eigenvalue weighted by atomic mass is 10.2. The van der Waals surface area contributed by atoms with Crippen LogP contribution in [0.3, 0.4) is 0 Å². The maximum Gasteiger partial charge on any atom is 0.251 e. The number of rotatable bonds is 7. The normalized spacial score (nSPS) is 14.0. The fourth-order valence-electron chi connectivity index (χ4n) is 3.14. The van der Waals surface area contributed by atoms with E-state index in [1.807, 2.05) is 0 Å². The van der Waals surface area contributed by atoms with Gasteiger partial charge < -0.3 is 9.88 Å². The second kappa shape index (κ2) is 8.99. The topological polar surface area (TPSA) is 106 Å². The van der Waals surface area contributed by atoms with Gasteiger partial charge in [-0.3, -0.25) is 4.79 Å². The van der Waals surface area contributed by atoms with Crippen LogP contribution in [0, 0.1) is 12.3 Å². The van der Waals surface area contributed by atoms with Crippen LogP contribution in [0.5, 0.6) is 0 Å². The van der Waals surface area contributed by atoms with Gasteiger partial charge in [0.1, 0.15) is 11.6 Å². The number of fused-ring (bicyclic) bond motifs is 1. The van der Waals surface area contributed by atoms with Crippen molar-refractivity contribution in [1.82, 2.24) is 24.8 Å². The van der Waals surface area contributed by atoms with E-state index in [0.29, 0.717) is 13.0 Å². The molecule has 0 unspecified atom stereocenters. The minimum absolute atomic E-state index is 0.00169. The minimum atomic E-state index is -3.74. The van der Waals surface area contributed by atoms with Gasteiger partial charge in [-0.2, -0.15) is 4.72 Å². The van der Waals surface area contributed by atoms with Crippen LogP contribution in [0.4, 0.5) is 0 Å². The average Bonchev–Trinajstić information content (AvgIpc) is 2.92. The molecular formula is C19H23N5O3S. The zero-order chi connectivity index (χ0) is 20.0. The summed E-state index contributed by atoms with van der Waals surface area (Å²) in [5, 5.41) is 11.3. The zero-order valence-electron chi connectivity index (χ0n) is 15.5. The number of terminal acetylenes is 1. The first-order valence-corrected chi connectivity index (χ1v) is 10.7. The lowest BCUT2D eigenvalue weighted by molar-refractivity contribution is 0.0953. The molecule has 28 heavy (non-hydrogen) atoms. The second-order valence-electron chi connectivity index (χ2n) is 6.56. The Labute approximate surface area is 164 Å². The molecule has 1 aromatic heterocycles. The van der Waals surface area contributed by atoms with Gasteiger partial charge in [-0.1, -0.05) is 18.4 Å². The van der Waals surface area contributed by atoms with Crippen molar-refractivity contribution in [3.8, 4) is 12.3 Å². The van der Waals surface area contributed by atoms with Crippen LogP contribution >= 0.6 is 0 Å². The van der Waals surface area contributed by atoms with E-state index in [0.717, 1.165) is 37.5 Å². The molecule has 0 bridgehead atoms. The van der Waals surface area contributed by atoms with Crippen LogP contribution in [0.25, 0.3) is 0 Å². The van der Waals surface area contributed by atoms with Crippen LogP contribution in [-0.2, 0) is 29.4 Å². The van der Waals surface area contributed by atoms with Crippen molar-refractivity contribution < 1.29 is 13.2 Å². The molecule has 2 N–H and O–H groups in total. The monoisotopic (exact) mass is 401 g/mol. The van der Waals surface area contributed by atoms with E-state index in [4.69, 9.17) is 6.42 Å². The molecule has 1 aromatic carbocycles. The van der Waals surface area contributed by atoms with Gasteiger partial charge in [0, 0.05) is 31.5 Å². The van der Waals surface area contributed by atoms with Crippen LogP contribution < -0.4 is 10.0 Å². The van der Waals surface area contributed by atoms with Crippen molar-refractivity contribution in [2.24, 2.45) is 0 Å². The Kier molecular flexibility index (Phi) is 6.44. The van der Waals surface area contributed by atoms with Crippen LogP contribution in [0.1, 0.15) is 41.3 Å². The predicted molar refractivity (Wildman–Crippen MR) is 104 cm³/mol. The summed E-state index contributed by atoms with van der Waals surface area (Å²) in [7, 11) is -3.74. The van der Waals surface area contributed by atoms with Crippen molar-refractivity contribution in [2.45, 2.75) is 43.5 Å².